The zero-order valence-electron chi connectivity index (χ0n) is 13.6. The van der Waals surface area contributed by atoms with Gasteiger partial charge < -0.3 is 5.32 Å². The molecule has 0 fully saturated rings. The van der Waals surface area contributed by atoms with Gasteiger partial charge in [0.05, 0.1) is 9.82 Å². The van der Waals surface area contributed by atoms with Gasteiger partial charge in [-0.05, 0) is 45.0 Å². The Balaban J connectivity index is 2.40. The van der Waals surface area contributed by atoms with Gasteiger partial charge >= 0.3 is 0 Å². The molecule has 0 saturated carbocycles. The first kappa shape index (κ1) is 17.9. The van der Waals surface area contributed by atoms with E-state index < -0.39 is 14.9 Å². The second-order valence-corrected chi connectivity index (χ2v) is 7.42. The first-order chi connectivity index (χ1) is 11.2. The summed E-state index contributed by atoms with van der Waals surface area (Å²) >= 11 is 0. The van der Waals surface area contributed by atoms with Crippen LogP contribution >= 0.6 is 0 Å². The predicted octanol–water partition coefficient (Wildman–Crippen LogP) is 3.33. The molecular weight excluding hydrogens is 330 g/mol. The minimum Gasteiger partial charge on any atom is -0.350 e. The van der Waals surface area contributed by atoms with Crippen LogP contribution in [0.2, 0.25) is 0 Å². The Kier molecular flexibility index (Phi) is 5.20. The normalized spacial score (nSPS) is 11.5. The van der Waals surface area contributed by atoms with Crippen LogP contribution in [0.5, 0.6) is 0 Å². The third kappa shape index (κ3) is 4.30. The molecule has 0 aromatic heterocycles. The lowest BCUT2D eigenvalue weighted by molar-refractivity contribution is -0.384. The van der Waals surface area contributed by atoms with Crippen molar-refractivity contribution >= 4 is 27.1 Å². The summed E-state index contributed by atoms with van der Waals surface area (Å²) in [5.74, 6) is 0. The van der Waals surface area contributed by atoms with Crippen molar-refractivity contribution < 1.29 is 13.3 Å². The number of nitro benzene ring substituents is 1. The van der Waals surface area contributed by atoms with Crippen LogP contribution in [-0.2, 0) is 10.0 Å². The van der Waals surface area contributed by atoms with E-state index in [1.165, 1.54) is 12.1 Å². The second-order valence-electron chi connectivity index (χ2n) is 5.70. The molecule has 128 valence electrons. The molecule has 24 heavy (non-hydrogen) atoms. The quantitative estimate of drug-likeness (QED) is 0.615. The predicted molar refractivity (Wildman–Crippen MR) is 93.0 cm³/mol. The van der Waals surface area contributed by atoms with Gasteiger partial charge in [-0.1, -0.05) is 17.7 Å². The van der Waals surface area contributed by atoms with Crippen molar-refractivity contribution in [1.29, 1.82) is 0 Å². The summed E-state index contributed by atoms with van der Waals surface area (Å²) in [5, 5.41) is 14.3. The largest absolute Gasteiger partial charge is 0.350 e. The van der Waals surface area contributed by atoms with E-state index in [2.05, 4.69) is 10.0 Å². The number of aryl methyl sites for hydroxylation is 1. The van der Waals surface area contributed by atoms with Gasteiger partial charge in [0.2, 0.25) is 10.0 Å². The van der Waals surface area contributed by atoms with Crippen LogP contribution in [0.3, 0.4) is 0 Å². The van der Waals surface area contributed by atoms with E-state index in [-0.39, 0.29) is 22.3 Å². The lowest BCUT2D eigenvalue weighted by atomic mass is 10.2. The molecule has 2 aromatic carbocycles. The van der Waals surface area contributed by atoms with Crippen LogP contribution in [0.25, 0.3) is 0 Å². The summed E-state index contributed by atoms with van der Waals surface area (Å²) in [7, 11) is -3.79. The Bertz CT molecular complexity index is 846. The first-order valence-corrected chi connectivity index (χ1v) is 8.82. The van der Waals surface area contributed by atoms with Crippen LogP contribution in [0.1, 0.15) is 19.4 Å². The molecule has 0 atom stereocenters. The Morgan fingerprint density at radius 3 is 2.25 bits per heavy atom. The summed E-state index contributed by atoms with van der Waals surface area (Å²) in [6.07, 6.45) is 0. The fraction of sp³-hybridized carbons (Fsp3) is 0.250. The number of nitrogens with zero attached hydrogens (tertiary/aromatic N) is 1. The Morgan fingerprint density at radius 2 is 1.71 bits per heavy atom. The highest BCUT2D eigenvalue weighted by atomic mass is 32.2. The third-order valence-corrected chi connectivity index (χ3v) is 4.85. The molecule has 7 nitrogen and oxygen atoms in total. The average Bonchev–Trinajstić information content (AvgIpc) is 2.48. The van der Waals surface area contributed by atoms with E-state index in [1.807, 2.05) is 19.1 Å². The molecule has 0 spiro atoms. The first-order valence-electron chi connectivity index (χ1n) is 7.33. The van der Waals surface area contributed by atoms with Crippen molar-refractivity contribution in [2.75, 3.05) is 5.32 Å². The number of anilines is 2. The molecule has 2 N–H and O–H groups in total. The minimum atomic E-state index is -3.79. The summed E-state index contributed by atoms with van der Waals surface area (Å²) in [6, 6.07) is 10.8. The summed E-state index contributed by atoms with van der Waals surface area (Å²) < 4.78 is 26.7. The van der Waals surface area contributed by atoms with Crippen LogP contribution in [0, 0.1) is 17.0 Å². The van der Waals surface area contributed by atoms with Gasteiger partial charge in [-0.2, -0.15) is 0 Å². The maximum Gasteiger partial charge on any atom is 0.294 e. The van der Waals surface area contributed by atoms with Gasteiger partial charge in [0.1, 0.15) is 5.69 Å². The van der Waals surface area contributed by atoms with Gasteiger partial charge in [0, 0.05) is 17.8 Å². The highest BCUT2D eigenvalue weighted by Crippen LogP contribution is 2.30. The van der Waals surface area contributed by atoms with Crippen LogP contribution in [-0.4, -0.2) is 19.4 Å². The van der Waals surface area contributed by atoms with Crippen molar-refractivity contribution in [1.82, 2.24) is 4.72 Å². The number of benzene rings is 2. The Morgan fingerprint density at radius 1 is 1.08 bits per heavy atom. The number of nitrogens with one attached hydrogen (secondary N) is 2. The second kappa shape index (κ2) is 6.98. The van der Waals surface area contributed by atoms with Crippen molar-refractivity contribution in [2.24, 2.45) is 0 Å². The highest BCUT2D eigenvalue weighted by molar-refractivity contribution is 7.89. The van der Waals surface area contributed by atoms with Crippen molar-refractivity contribution in [3.8, 4) is 0 Å². The van der Waals surface area contributed by atoms with E-state index >= 15 is 0 Å². The van der Waals surface area contributed by atoms with E-state index in [0.29, 0.717) is 5.69 Å². The lowest BCUT2D eigenvalue weighted by Crippen LogP contribution is -2.30. The van der Waals surface area contributed by atoms with Crippen LogP contribution in [0.15, 0.2) is 47.4 Å². The molecule has 0 aliphatic heterocycles. The molecule has 0 saturated heterocycles. The lowest BCUT2D eigenvalue weighted by Gasteiger charge is -2.11. The molecule has 0 aliphatic rings. The molecular formula is C16H19N3O4S. The maximum absolute atomic E-state index is 12.2. The average molecular weight is 349 g/mol. The van der Waals surface area contributed by atoms with Crippen molar-refractivity contribution in [2.45, 2.75) is 31.7 Å². The topological polar surface area (TPSA) is 101 Å². The highest BCUT2D eigenvalue weighted by Gasteiger charge is 2.22. The fourth-order valence-corrected chi connectivity index (χ4v) is 3.38. The minimum absolute atomic E-state index is 0.141. The zero-order chi connectivity index (χ0) is 17.9. The molecule has 0 radical (unpaired) electrons. The van der Waals surface area contributed by atoms with E-state index in [0.717, 1.165) is 11.6 Å². The van der Waals surface area contributed by atoms with Crippen molar-refractivity contribution in [3.63, 3.8) is 0 Å². The SMILES string of the molecule is Cc1ccc(Nc2ccc(S(=O)(=O)NC(C)C)cc2[N+](=O)[O-])cc1. The number of rotatable bonds is 6. The van der Waals surface area contributed by atoms with Gasteiger partial charge in [-0.3, -0.25) is 10.1 Å². The van der Waals surface area contributed by atoms with E-state index in [1.54, 1.807) is 26.0 Å². The number of sulfonamides is 1. The standard InChI is InChI=1S/C16H19N3O4S/c1-11(2)18-24(22,23)14-8-9-15(16(10-14)19(20)21)17-13-6-4-12(3)5-7-13/h4-11,17-18H,1-3H3. The Labute approximate surface area is 140 Å². The van der Waals surface area contributed by atoms with Gasteiger partial charge in [-0.25, -0.2) is 13.1 Å². The van der Waals surface area contributed by atoms with Gasteiger partial charge in [0.15, 0.2) is 0 Å². The van der Waals surface area contributed by atoms with Crippen LogP contribution in [0.4, 0.5) is 17.1 Å². The molecule has 0 unspecified atom stereocenters. The molecule has 2 aromatic rings. The summed E-state index contributed by atoms with van der Waals surface area (Å²) in [6.45, 7) is 5.30. The number of nitro groups is 1. The molecule has 2 rings (SSSR count). The number of hydrogen-bond acceptors (Lipinski definition) is 5. The zero-order valence-corrected chi connectivity index (χ0v) is 14.4. The van der Waals surface area contributed by atoms with Crippen LogP contribution < -0.4 is 10.0 Å². The smallest absolute Gasteiger partial charge is 0.294 e. The fourth-order valence-electron chi connectivity index (χ4n) is 2.11. The molecule has 8 heteroatoms. The maximum atomic E-state index is 12.2. The van der Waals surface area contributed by atoms with Crippen molar-refractivity contribution in [3.05, 3.63) is 58.1 Å². The Hall–Kier alpha value is -2.45. The molecule has 0 bridgehead atoms. The molecule has 0 aliphatic carbocycles. The summed E-state index contributed by atoms with van der Waals surface area (Å²) in [4.78, 5) is 10.6. The van der Waals surface area contributed by atoms with Gasteiger partial charge in [-0.15, -0.1) is 0 Å². The van der Waals surface area contributed by atoms with E-state index in [9.17, 15) is 18.5 Å². The monoisotopic (exact) mass is 349 g/mol. The molecule has 0 heterocycles. The number of hydrogen-bond donors (Lipinski definition) is 2. The third-order valence-electron chi connectivity index (χ3n) is 3.20. The molecule has 0 amide bonds. The van der Waals surface area contributed by atoms with E-state index in [4.69, 9.17) is 0 Å². The van der Waals surface area contributed by atoms with Gasteiger partial charge in [0.25, 0.3) is 5.69 Å². The summed E-state index contributed by atoms with van der Waals surface area (Å²) in [5.41, 5.74) is 1.67.